The summed E-state index contributed by atoms with van der Waals surface area (Å²) in [5.74, 6) is -0.367. The summed E-state index contributed by atoms with van der Waals surface area (Å²) in [5, 5.41) is 11.9. The molecule has 1 fully saturated rings. The van der Waals surface area contributed by atoms with Crippen LogP contribution in [-0.2, 0) is 14.3 Å². The minimum Gasteiger partial charge on any atom is -0.425 e. The van der Waals surface area contributed by atoms with Crippen LogP contribution in [0.1, 0.15) is 32.3 Å². The summed E-state index contributed by atoms with van der Waals surface area (Å²) in [4.78, 5) is 23.4. The number of nitriles is 1. The summed E-state index contributed by atoms with van der Waals surface area (Å²) < 4.78 is 10.3. The minimum atomic E-state index is -0.874. The summed E-state index contributed by atoms with van der Waals surface area (Å²) in [5.41, 5.74) is -0.235. The van der Waals surface area contributed by atoms with Crippen LogP contribution < -0.4 is 10.1 Å². The summed E-state index contributed by atoms with van der Waals surface area (Å²) in [6, 6.07) is 6.48. The second-order valence-electron chi connectivity index (χ2n) is 5.46. The molecule has 1 aliphatic rings. The van der Waals surface area contributed by atoms with Crippen molar-refractivity contribution < 1.29 is 19.1 Å². The zero-order valence-corrected chi connectivity index (χ0v) is 12.8. The van der Waals surface area contributed by atoms with E-state index in [1.54, 1.807) is 13.0 Å². The van der Waals surface area contributed by atoms with Crippen LogP contribution in [0.25, 0.3) is 0 Å². The zero-order chi connectivity index (χ0) is 16.3. The molecule has 1 atom stereocenters. The van der Waals surface area contributed by atoms with Crippen molar-refractivity contribution in [3.05, 3.63) is 23.8 Å². The molecule has 0 aromatic heterocycles. The van der Waals surface area contributed by atoms with Crippen molar-refractivity contribution in [3.63, 3.8) is 0 Å². The molecular weight excluding hydrogens is 284 g/mol. The first-order valence-corrected chi connectivity index (χ1v) is 7.00. The number of nitrogens with one attached hydrogen (secondary N) is 1. The lowest BCUT2D eigenvalue weighted by Crippen LogP contribution is -2.44. The Labute approximate surface area is 129 Å². The van der Waals surface area contributed by atoms with Crippen LogP contribution in [0.3, 0.4) is 0 Å². The van der Waals surface area contributed by atoms with Gasteiger partial charge in [0.15, 0.2) is 0 Å². The lowest BCUT2D eigenvalue weighted by molar-refractivity contribution is -0.138. The van der Waals surface area contributed by atoms with E-state index in [-0.39, 0.29) is 23.1 Å². The molecular formula is C16H18N2O4. The monoisotopic (exact) mass is 302 g/mol. The Balaban J connectivity index is 2.18. The fourth-order valence-electron chi connectivity index (χ4n) is 2.27. The molecule has 2 rings (SSSR count). The van der Waals surface area contributed by atoms with Crippen LogP contribution >= 0.6 is 0 Å². The molecule has 0 aliphatic heterocycles. The average molecular weight is 302 g/mol. The summed E-state index contributed by atoms with van der Waals surface area (Å²) in [7, 11) is 1.52. The van der Waals surface area contributed by atoms with Crippen LogP contribution in [0.4, 0.5) is 5.69 Å². The molecule has 116 valence electrons. The van der Waals surface area contributed by atoms with E-state index in [1.165, 1.54) is 26.2 Å². The van der Waals surface area contributed by atoms with E-state index in [4.69, 9.17) is 14.7 Å². The van der Waals surface area contributed by atoms with Gasteiger partial charge >= 0.3 is 5.97 Å². The number of methoxy groups -OCH3 is 1. The van der Waals surface area contributed by atoms with Gasteiger partial charge in [0.25, 0.3) is 5.91 Å². The zero-order valence-electron chi connectivity index (χ0n) is 12.8. The fraction of sp³-hybridized carbons (Fsp3) is 0.438. The minimum absolute atomic E-state index is 0.171. The van der Waals surface area contributed by atoms with Crippen LogP contribution in [0.15, 0.2) is 18.2 Å². The Morgan fingerprint density at radius 2 is 2.09 bits per heavy atom. The van der Waals surface area contributed by atoms with Crippen LogP contribution in [0.5, 0.6) is 5.75 Å². The van der Waals surface area contributed by atoms with E-state index in [0.29, 0.717) is 5.69 Å². The third-order valence-corrected chi connectivity index (χ3v) is 3.84. The third-order valence-electron chi connectivity index (χ3n) is 3.84. The predicted molar refractivity (Wildman–Crippen MR) is 79.2 cm³/mol. The van der Waals surface area contributed by atoms with Gasteiger partial charge in [-0.25, -0.2) is 0 Å². The number of anilines is 1. The van der Waals surface area contributed by atoms with Crippen molar-refractivity contribution >= 4 is 17.6 Å². The summed E-state index contributed by atoms with van der Waals surface area (Å²) in [6.07, 6.45) is 1.93. The maximum Gasteiger partial charge on any atom is 0.308 e. The molecule has 1 N–H and O–H groups in total. The lowest BCUT2D eigenvalue weighted by atomic mass is 9.99. The van der Waals surface area contributed by atoms with E-state index in [9.17, 15) is 9.59 Å². The average Bonchev–Trinajstić information content (AvgIpc) is 3.32. The number of ether oxygens (including phenoxy) is 2. The van der Waals surface area contributed by atoms with Gasteiger partial charge in [0.05, 0.1) is 5.56 Å². The highest BCUT2D eigenvalue weighted by molar-refractivity contribution is 5.97. The van der Waals surface area contributed by atoms with E-state index < -0.39 is 11.6 Å². The number of hydrogen-bond donors (Lipinski definition) is 1. The summed E-state index contributed by atoms with van der Waals surface area (Å²) in [6.45, 7) is 3.02. The molecule has 1 aliphatic carbocycles. The van der Waals surface area contributed by atoms with Crippen molar-refractivity contribution in [2.24, 2.45) is 5.92 Å². The topological polar surface area (TPSA) is 88.4 Å². The van der Waals surface area contributed by atoms with Crippen molar-refractivity contribution in [3.8, 4) is 11.8 Å². The van der Waals surface area contributed by atoms with Crippen molar-refractivity contribution in [1.82, 2.24) is 0 Å². The van der Waals surface area contributed by atoms with Gasteiger partial charge in [-0.1, -0.05) is 0 Å². The Morgan fingerprint density at radius 1 is 1.41 bits per heavy atom. The van der Waals surface area contributed by atoms with Gasteiger partial charge in [-0.05, 0) is 43.9 Å². The Morgan fingerprint density at radius 3 is 2.59 bits per heavy atom. The number of carbonyl (C=O) groups is 2. The molecule has 22 heavy (non-hydrogen) atoms. The molecule has 1 amide bonds. The van der Waals surface area contributed by atoms with Gasteiger partial charge in [-0.2, -0.15) is 5.26 Å². The predicted octanol–water partition coefficient (Wildman–Crippen LogP) is 2.24. The highest BCUT2D eigenvalue weighted by atomic mass is 16.5. The van der Waals surface area contributed by atoms with E-state index >= 15 is 0 Å². The quantitative estimate of drug-likeness (QED) is 0.665. The molecule has 0 radical (unpaired) electrons. The lowest BCUT2D eigenvalue weighted by Gasteiger charge is -2.26. The fourth-order valence-corrected chi connectivity index (χ4v) is 2.27. The smallest absolute Gasteiger partial charge is 0.308 e. The number of amides is 1. The molecule has 1 aromatic rings. The standard InChI is InChI=1S/C16H18N2O4/c1-10(19)22-14-7-6-13(8-11(14)9-17)18-15(20)16(2,21-3)12-4-5-12/h6-8,12H,4-5H2,1-3H3,(H,18,20)/t16-/m1/s1. The van der Waals surface area contributed by atoms with Gasteiger partial charge in [0.2, 0.25) is 0 Å². The van der Waals surface area contributed by atoms with Crippen molar-refractivity contribution in [1.29, 1.82) is 5.26 Å². The molecule has 6 heteroatoms. The molecule has 0 saturated heterocycles. The molecule has 1 saturated carbocycles. The Kier molecular flexibility index (Phi) is 4.48. The van der Waals surface area contributed by atoms with Gasteiger partial charge in [0.1, 0.15) is 17.4 Å². The molecule has 1 aromatic carbocycles. The maximum atomic E-state index is 12.4. The third kappa shape index (κ3) is 3.26. The van der Waals surface area contributed by atoms with E-state index in [1.807, 2.05) is 6.07 Å². The molecule has 0 bridgehead atoms. The van der Waals surface area contributed by atoms with Gasteiger partial charge in [-0.3, -0.25) is 9.59 Å². The van der Waals surface area contributed by atoms with Crippen LogP contribution in [-0.4, -0.2) is 24.6 Å². The normalized spacial score (nSPS) is 16.3. The van der Waals surface area contributed by atoms with Gasteiger partial charge in [0, 0.05) is 19.7 Å². The molecule has 0 spiro atoms. The second kappa shape index (κ2) is 6.16. The number of nitrogens with zero attached hydrogens (tertiary/aromatic N) is 1. The van der Waals surface area contributed by atoms with Gasteiger partial charge < -0.3 is 14.8 Å². The number of carbonyl (C=O) groups excluding carboxylic acids is 2. The number of hydrogen-bond acceptors (Lipinski definition) is 5. The first-order valence-electron chi connectivity index (χ1n) is 7.00. The summed E-state index contributed by atoms with van der Waals surface area (Å²) >= 11 is 0. The number of benzene rings is 1. The van der Waals surface area contributed by atoms with Crippen molar-refractivity contribution in [2.45, 2.75) is 32.3 Å². The SMILES string of the molecule is CO[C@@](C)(C(=O)Nc1ccc(OC(C)=O)c(C#N)c1)C1CC1. The van der Waals surface area contributed by atoms with E-state index in [0.717, 1.165) is 12.8 Å². The second-order valence-corrected chi connectivity index (χ2v) is 5.46. The molecule has 6 nitrogen and oxygen atoms in total. The number of esters is 1. The Bertz CT molecular complexity index is 646. The van der Waals surface area contributed by atoms with Crippen LogP contribution in [0, 0.1) is 17.2 Å². The first-order chi connectivity index (χ1) is 10.4. The Hall–Kier alpha value is -2.39. The van der Waals surface area contributed by atoms with Crippen LogP contribution in [0.2, 0.25) is 0 Å². The molecule has 0 unspecified atom stereocenters. The van der Waals surface area contributed by atoms with E-state index in [2.05, 4.69) is 5.32 Å². The number of rotatable bonds is 5. The van der Waals surface area contributed by atoms with Crippen molar-refractivity contribution in [2.75, 3.05) is 12.4 Å². The largest absolute Gasteiger partial charge is 0.425 e. The highest BCUT2D eigenvalue weighted by Gasteiger charge is 2.47. The molecule has 0 heterocycles. The van der Waals surface area contributed by atoms with Gasteiger partial charge in [-0.15, -0.1) is 0 Å². The maximum absolute atomic E-state index is 12.4. The first kappa shape index (κ1) is 16.0. The highest BCUT2D eigenvalue weighted by Crippen LogP contribution is 2.42.